The van der Waals surface area contributed by atoms with E-state index >= 15 is 0 Å². The molecule has 1 heterocycles. The highest BCUT2D eigenvalue weighted by Crippen LogP contribution is 2.24. The lowest BCUT2D eigenvalue weighted by Crippen LogP contribution is -1.99. The first kappa shape index (κ1) is 12.1. The van der Waals surface area contributed by atoms with E-state index in [4.69, 9.17) is 17.3 Å². The van der Waals surface area contributed by atoms with Gasteiger partial charge in [-0.1, -0.05) is 23.7 Å². The number of nitrogen functional groups attached to an aromatic ring is 1. The van der Waals surface area contributed by atoms with Gasteiger partial charge in [-0.15, -0.1) is 11.3 Å². The summed E-state index contributed by atoms with van der Waals surface area (Å²) in [5, 5.41) is 2.38. The van der Waals surface area contributed by atoms with Crippen LogP contribution in [-0.2, 0) is 6.42 Å². The van der Waals surface area contributed by atoms with Gasteiger partial charge in [0.1, 0.15) is 0 Å². The zero-order valence-corrected chi connectivity index (χ0v) is 10.7. The fraction of sp³-hybridized carbons (Fsp3) is 0.154. The molecule has 0 unspecified atom stereocenters. The van der Waals surface area contributed by atoms with Crippen LogP contribution in [0.4, 0.5) is 5.69 Å². The molecule has 2 aromatic rings. The normalized spacial score (nSPS) is 10.4. The maximum atomic E-state index is 11.9. The second-order valence-corrected chi connectivity index (χ2v) is 5.09. The van der Waals surface area contributed by atoms with Gasteiger partial charge in [-0.05, 0) is 35.6 Å². The van der Waals surface area contributed by atoms with Crippen molar-refractivity contribution in [2.45, 2.75) is 12.8 Å². The molecule has 0 spiro atoms. The monoisotopic (exact) mass is 265 g/mol. The van der Waals surface area contributed by atoms with Crippen molar-refractivity contribution >= 4 is 34.4 Å². The van der Waals surface area contributed by atoms with Crippen LogP contribution in [0.5, 0.6) is 0 Å². The van der Waals surface area contributed by atoms with E-state index in [0.29, 0.717) is 22.7 Å². The van der Waals surface area contributed by atoms with Gasteiger partial charge in [0.15, 0.2) is 5.78 Å². The topological polar surface area (TPSA) is 43.1 Å². The van der Waals surface area contributed by atoms with Gasteiger partial charge in [0.25, 0.3) is 0 Å². The lowest BCUT2D eigenvalue weighted by molar-refractivity contribution is 0.0987. The summed E-state index contributed by atoms with van der Waals surface area (Å²) in [6.45, 7) is 0. The number of hydrogen-bond donors (Lipinski definition) is 1. The molecule has 4 heteroatoms. The Morgan fingerprint density at radius 2 is 2.18 bits per heavy atom. The Morgan fingerprint density at radius 3 is 2.82 bits per heavy atom. The van der Waals surface area contributed by atoms with Crippen LogP contribution in [0.3, 0.4) is 0 Å². The highest BCUT2D eigenvalue weighted by molar-refractivity contribution is 7.12. The van der Waals surface area contributed by atoms with Crippen LogP contribution in [0.2, 0.25) is 5.02 Å². The average molecular weight is 266 g/mol. The molecule has 0 bridgehead atoms. The van der Waals surface area contributed by atoms with Gasteiger partial charge in [0, 0.05) is 12.1 Å². The quantitative estimate of drug-likeness (QED) is 0.675. The van der Waals surface area contributed by atoms with Gasteiger partial charge < -0.3 is 5.73 Å². The maximum Gasteiger partial charge on any atom is 0.174 e. The van der Waals surface area contributed by atoms with Crippen LogP contribution >= 0.6 is 22.9 Å². The number of aryl methyl sites for hydroxylation is 1. The van der Waals surface area contributed by atoms with Crippen molar-refractivity contribution in [1.29, 1.82) is 0 Å². The van der Waals surface area contributed by atoms with Crippen molar-refractivity contribution in [3.63, 3.8) is 0 Å². The smallest absolute Gasteiger partial charge is 0.174 e. The summed E-state index contributed by atoms with van der Waals surface area (Å²) in [4.78, 5) is 12.5. The number of hydrogen-bond acceptors (Lipinski definition) is 3. The van der Waals surface area contributed by atoms with E-state index in [2.05, 4.69) is 0 Å². The lowest BCUT2D eigenvalue weighted by Gasteiger charge is -2.01. The molecule has 0 atom stereocenters. The zero-order valence-electron chi connectivity index (χ0n) is 9.15. The molecular formula is C13H12ClNOS. The summed E-state index contributed by atoms with van der Waals surface area (Å²) in [7, 11) is 0. The Kier molecular flexibility index (Phi) is 3.82. The first-order valence-electron chi connectivity index (χ1n) is 5.27. The Bertz CT molecular complexity index is 536. The fourth-order valence-corrected chi connectivity index (χ4v) is 2.74. The standard InChI is InChI=1S/C13H12ClNOS/c14-11-6-7-17-13(11)12(16)5-4-9-2-1-3-10(15)8-9/h1-3,6-8H,4-5,15H2. The molecule has 88 valence electrons. The van der Waals surface area contributed by atoms with Crippen LogP contribution in [-0.4, -0.2) is 5.78 Å². The Morgan fingerprint density at radius 1 is 1.35 bits per heavy atom. The Labute approximate surface area is 109 Å². The highest BCUT2D eigenvalue weighted by Gasteiger charge is 2.11. The van der Waals surface area contributed by atoms with Gasteiger partial charge in [-0.3, -0.25) is 4.79 Å². The van der Waals surface area contributed by atoms with Crippen LogP contribution < -0.4 is 5.73 Å². The molecule has 0 aliphatic heterocycles. The summed E-state index contributed by atoms with van der Waals surface area (Å²) in [6.07, 6.45) is 1.15. The number of carbonyl (C=O) groups is 1. The molecule has 0 amide bonds. The zero-order chi connectivity index (χ0) is 12.3. The number of benzene rings is 1. The molecule has 0 fully saturated rings. The fourth-order valence-electron chi connectivity index (χ4n) is 1.61. The minimum absolute atomic E-state index is 0.0902. The predicted molar refractivity (Wildman–Crippen MR) is 72.8 cm³/mol. The molecule has 0 saturated carbocycles. The van der Waals surface area contributed by atoms with E-state index in [-0.39, 0.29) is 5.78 Å². The molecule has 0 aliphatic carbocycles. The predicted octanol–water partition coefficient (Wildman–Crippen LogP) is 3.80. The maximum absolute atomic E-state index is 11.9. The number of Topliss-reactive ketones (excluding diaryl/α,β-unsaturated/α-hetero) is 1. The van der Waals surface area contributed by atoms with Crippen LogP contribution in [0.25, 0.3) is 0 Å². The average Bonchev–Trinajstić information content (AvgIpc) is 2.72. The van der Waals surface area contributed by atoms with E-state index < -0.39 is 0 Å². The van der Waals surface area contributed by atoms with Crippen molar-refractivity contribution in [2.24, 2.45) is 0 Å². The second-order valence-electron chi connectivity index (χ2n) is 3.77. The molecule has 1 aromatic heterocycles. The second kappa shape index (κ2) is 5.34. The minimum Gasteiger partial charge on any atom is -0.399 e. The third-order valence-corrected chi connectivity index (χ3v) is 3.84. The van der Waals surface area contributed by atoms with Gasteiger partial charge >= 0.3 is 0 Å². The summed E-state index contributed by atoms with van der Waals surface area (Å²) in [5.74, 6) is 0.0902. The van der Waals surface area contributed by atoms with Crippen molar-refractivity contribution in [1.82, 2.24) is 0 Å². The SMILES string of the molecule is Nc1cccc(CCC(=O)c2sccc2Cl)c1. The van der Waals surface area contributed by atoms with Crippen molar-refractivity contribution in [3.8, 4) is 0 Å². The summed E-state index contributed by atoms with van der Waals surface area (Å²) in [5.41, 5.74) is 7.48. The first-order valence-corrected chi connectivity index (χ1v) is 6.53. The first-order chi connectivity index (χ1) is 8.16. The molecule has 2 N–H and O–H groups in total. The van der Waals surface area contributed by atoms with Crippen molar-refractivity contribution in [3.05, 3.63) is 51.2 Å². The number of rotatable bonds is 4. The number of nitrogens with two attached hydrogens (primary N) is 1. The third kappa shape index (κ3) is 3.08. The lowest BCUT2D eigenvalue weighted by atomic mass is 10.1. The summed E-state index contributed by atoms with van der Waals surface area (Å²) < 4.78 is 0. The number of thiophene rings is 1. The molecule has 0 radical (unpaired) electrons. The molecule has 2 nitrogen and oxygen atoms in total. The summed E-state index contributed by atoms with van der Waals surface area (Å²) >= 11 is 7.30. The van der Waals surface area contributed by atoms with Gasteiger partial charge in [0.2, 0.25) is 0 Å². The number of ketones is 1. The molecular weight excluding hydrogens is 254 g/mol. The van der Waals surface area contributed by atoms with E-state index in [1.54, 1.807) is 6.07 Å². The Hall–Kier alpha value is -1.32. The summed E-state index contributed by atoms with van der Waals surface area (Å²) in [6, 6.07) is 9.34. The molecule has 0 aliphatic rings. The minimum atomic E-state index is 0.0902. The molecule has 2 rings (SSSR count). The number of carbonyl (C=O) groups excluding carboxylic acids is 1. The van der Waals surface area contributed by atoms with Crippen LogP contribution in [0.15, 0.2) is 35.7 Å². The number of anilines is 1. The highest BCUT2D eigenvalue weighted by atomic mass is 35.5. The van der Waals surface area contributed by atoms with Crippen LogP contribution in [0.1, 0.15) is 21.7 Å². The van der Waals surface area contributed by atoms with E-state index in [9.17, 15) is 4.79 Å². The Balaban J connectivity index is 1.99. The van der Waals surface area contributed by atoms with Gasteiger partial charge in [0.05, 0.1) is 9.90 Å². The number of halogens is 1. The largest absolute Gasteiger partial charge is 0.399 e. The molecule has 1 aromatic carbocycles. The van der Waals surface area contributed by atoms with Crippen molar-refractivity contribution in [2.75, 3.05) is 5.73 Å². The van der Waals surface area contributed by atoms with Gasteiger partial charge in [-0.25, -0.2) is 0 Å². The molecule has 17 heavy (non-hydrogen) atoms. The third-order valence-electron chi connectivity index (χ3n) is 2.46. The van der Waals surface area contributed by atoms with E-state index in [1.165, 1.54) is 11.3 Å². The van der Waals surface area contributed by atoms with Crippen LogP contribution in [0, 0.1) is 0 Å². The van der Waals surface area contributed by atoms with Gasteiger partial charge in [-0.2, -0.15) is 0 Å². The van der Waals surface area contributed by atoms with E-state index in [0.717, 1.165) is 11.3 Å². The van der Waals surface area contributed by atoms with Crippen molar-refractivity contribution < 1.29 is 4.79 Å². The van der Waals surface area contributed by atoms with E-state index in [1.807, 2.05) is 29.6 Å². The molecule has 0 saturated heterocycles.